The quantitative estimate of drug-likeness (QED) is 0.164. The number of aromatic nitrogens is 4. The summed E-state index contributed by atoms with van der Waals surface area (Å²) in [5.74, 6) is 1.83. The van der Waals surface area contributed by atoms with E-state index < -0.39 is 5.60 Å². The number of hydrogen-bond donors (Lipinski definition) is 2. The normalized spacial score (nSPS) is 15.9. The van der Waals surface area contributed by atoms with Gasteiger partial charge in [-0.2, -0.15) is 10.1 Å². The van der Waals surface area contributed by atoms with E-state index in [-0.39, 0.29) is 14.0 Å². The lowest BCUT2D eigenvalue weighted by Crippen LogP contribution is -2.54. The van der Waals surface area contributed by atoms with E-state index in [1.165, 1.54) is 16.4 Å². The van der Waals surface area contributed by atoms with Crippen molar-refractivity contribution >= 4 is 64.1 Å². The smallest absolute Gasteiger partial charge is 0.410 e. The fourth-order valence-corrected chi connectivity index (χ4v) is 8.95. The fourth-order valence-electron chi connectivity index (χ4n) is 7.20. The molecular formula is C39H53BrN9O3P. The van der Waals surface area contributed by atoms with Crippen LogP contribution in [0.1, 0.15) is 44.7 Å². The van der Waals surface area contributed by atoms with Gasteiger partial charge in [0.15, 0.2) is 0 Å². The molecule has 4 aromatic rings. The number of likely N-dealkylation sites (tertiary alicyclic amines) is 1. The number of aryl methyl sites for hydroxylation is 2. The van der Waals surface area contributed by atoms with Gasteiger partial charge in [0.1, 0.15) is 17.2 Å². The number of benzene rings is 2. The Bertz CT molecular complexity index is 1930. The topological polar surface area (TPSA) is 113 Å². The lowest BCUT2D eigenvalue weighted by Gasteiger charge is -2.43. The lowest BCUT2D eigenvalue weighted by molar-refractivity contribution is 0.0140. The Balaban J connectivity index is 1.21. The van der Waals surface area contributed by atoms with Gasteiger partial charge in [-0.15, -0.1) is 0 Å². The summed E-state index contributed by atoms with van der Waals surface area (Å²) < 4.78 is 14.2. The summed E-state index contributed by atoms with van der Waals surface area (Å²) in [7, 11) is 3.28. The number of piperazine rings is 1. The minimum Gasteiger partial charge on any atom is -0.494 e. The lowest BCUT2D eigenvalue weighted by atomic mass is 10.0. The van der Waals surface area contributed by atoms with Crippen molar-refractivity contribution in [1.82, 2.24) is 29.5 Å². The van der Waals surface area contributed by atoms with Crippen molar-refractivity contribution in [3.63, 3.8) is 0 Å². The number of carbonyl (C=O) groups is 1. The van der Waals surface area contributed by atoms with Crippen LogP contribution in [0.4, 0.5) is 33.6 Å². The van der Waals surface area contributed by atoms with Crippen molar-refractivity contribution in [2.45, 2.75) is 59.1 Å². The molecule has 2 saturated heterocycles. The van der Waals surface area contributed by atoms with Gasteiger partial charge in [-0.3, -0.25) is 9.58 Å². The number of carbonyl (C=O) groups excluding carboxylic acids is 1. The number of piperidine rings is 1. The molecule has 0 aliphatic carbocycles. The molecular weight excluding hydrogens is 753 g/mol. The molecule has 0 bridgehead atoms. The second kappa shape index (κ2) is 16.2. The van der Waals surface area contributed by atoms with Crippen LogP contribution in [0.5, 0.6) is 5.75 Å². The molecule has 2 aliphatic heterocycles. The maximum Gasteiger partial charge on any atom is 0.410 e. The molecule has 12 nitrogen and oxygen atoms in total. The standard InChI is InChI=1S/C39H53BrN9O3P/c1-25-10-11-31(35(26(25)2)53(8)9)43-36-30(40)23-41-37(45-36)44-32-20-29(27-22-42-46(6)24-27)33(21-34(32)51-7)48-18-16-47(17-19-48)28-12-14-49(15-13-28)38(50)52-39(3,4)5/h10-11,20-24,28H,12-19H2,1-9H3,(H2,41,43,44,45). The van der Waals surface area contributed by atoms with Crippen molar-refractivity contribution in [2.75, 3.05) is 75.2 Å². The van der Waals surface area contributed by atoms with Crippen LogP contribution >= 0.6 is 23.9 Å². The second-order valence-electron chi connectivity index (χ2n) is 15.1. The third-order valence-corrected chi connectivity index (χ3v) is 12.1. The van der Waals surface area contributed by atoms with Crippen LogP contribution in [0.3, 0.4) is 0 Å². The summed E-state index contributed by atoms with van der Waals surface area (Å²) in [6.07, 6.45) is 7.40. The number of ether oxygens (including phenoxy) is 2. The Morgan fingerprint density at radius 3 is 2.32 bits per heavy atom. The SMILES string of the molecule is COc1cc(N2CCN(C3CCN(C(=O)OC(C)(C)C)CC3)CC2)c(-c2cnn(C)c2)cc1Nc1ncc(Br)c(Nc2ccc(C)c(C)c2P(C)C)n1. The van der Waals surface area contributed by atoms with Crippen LogP contribution in [-0.4, -0.2) is 107 Å². The maximum absolute atomic E-state index is 12.6. The molecule has 2 aromatic carbocycles. The molecule has 53 heavy (non-hydrogen) atoms. The van der Waals surface area contributed by atoms with Gasteiger partial charge >= 0.3 is 6.09 Å². The van der Waals surface area contributed by atoms with E-state index in [1.807, 2.05) is 49.8 Å². The molecule has 2 aliphatic rings. The fraction of sp³-hybridized carbons (Fsp3) is 0.487. The monoisotopic (exact) mass is 805 g/mol. The van der Waals surface area contributed by atoms with E-state index in [0.717, 1.165) is 84.8 Å². The number of amides is 1. The number of nitrogens with one attached hydrogen (secondary N) is 2. The van der Waals surface area contributed by atoms with Crippen molar-refractivity contribution < 1.29 is 14.3 Å². The highest BCUT2D eigenvalue weighted by Gasteiger charge is 2.32. The first kappa shape index (κ1) is 38.8. The van der Waals surface area contributed by atoms with Crippen LogP contribution < -0.4 is 25.6 Å². The number of anilines is 5. The minimum atomic E-state index is -0.483. The average molecular weight is 807 g/mol. The Kier molecular flexibility index (Phi) is 11.9. The molecule has 0 atom stereocenters. The Morgan fingerprint density at radius 1 is 0.981 bits per heavy atom. The molecule has 284 valence electrons. The van der Waals surface area contributed by atoms with Crippen LogP contribution in [-0.2, 0) is 11.8 Å². The summed E-state index contributed by atoms with van der Waals surface area (Å²) in [5.41, 5.74) is 7.09. The van der Waals surface area contributed by atoms with Gasteiger partial charge in [0.2, 0.25) is 5.95 Å². The summed E-state index contributed by atoms with van der Waals surface area (Å²) in [5, 5.41) is 12.9. The van der Waals surface area contributed by atoms with Crippen molar-refractivity contribution in [2.24, 2.45) is 7.05 Å². The Morgan fingerprint density at radius 2 is 1.70 bits per heavy atom. The maximum atomic E-state index is 12.6. The Hall–Kier alpha value is -3.93. The van der Waals surface area contributed by atoms with Crippen LogP contribution in [0, 0.1) is 13.8 Å². The number of hydrogen-bond acceptors (Lipinski definition) is 10. The van der Waals surface area contributed by atoms with Gasteiger partial charge in [0.25, 0.3) is 0 Å². The van der Waals surface area contributed by atoms with E-state index in [0.29, 0.717) is 23.6 Å². The molecule has 2 aromatic heterocycles. The zero-order valence-electron chi connectivity index (χ0n) is 32.5. The van der Waals surface area contributed by atoms with Crippen LogP contribution in [0.25, 0.3) is 11.1 Å². The molecule has 4 heterocycles. The molecule has 1 amide bonds. The zero-order valence-corrected chi connectivity index (χ0v) is 34.9. The largest absolute Gasteiger partial charge is 0.494 e. The predicted octanol–water partition coefficient (Wildman–Crippen LogP) is 7.64. The van der Waals surface area contributed by atoms with Gasteiger partial charge < -0.3 is 29.9 Å². The molecule has 0 unspecified atom stereocenters. The molecule has 6 rings (SSSR count). The van der Waals surface area contributed by atoms with Crippen molar-refractivity contribution in [1.29, 1.82) is 0 Å². The first-order chi connectivity index (χ1) is 25.2. The summed E-state index contributed by atoms with van der Waals surface area (Å²) in [6.45, 7) is 19.7. The number of methoxy groups -OCH3 is 1. The third kappa shape index (κ3) is 9.07. The van der Waals surface area contributed by atoms with Gasteiger partial charge in [-0.25, -0.2) is 9.78 Å². The minimum absolute atomic E-state index is 0.211. The van der Waals surface area contributed by atoms with Crippen molar-refractivity contribution in [3.05, 3.63) is 58.5 Å². The molecule has 0 saturated carbocycles. The molecule has 2 fully saturated rings. The van der Waals surface area contributed by atoms with E-state index >= 15 is 0 Å². The van der Waals surface area contributed by atoms with Gasteiger partial charge in [0.05, 0.1) is 23.5 Å². The van der Waals surface area contributed by atoms with E-state index in [1.54, 1.807) is 13.3 Å². The summed E-state index contributed by atoms with van der Waals surface area (Å²) in [4.78, 5) is 29.0. The summed E-state index contributed by atoms with van der Waals surface area (Å²) >= 11 is 3.67. The van der Waals surface area contributed by atoms with Gasteiger partial charge in [-0.05, 0) is 100.0 Å². The second-order valence-corrected chi connectivity index (χ2v) is 18.2. The predicted molar refractivity (Wildman–Crippen MR) is 220 cm³/mol. The highest BCUT2D eigenvalue weighted by atomic mass is 79.9. The molecule has 0 radical (unpaired) electrons. The highest BCUT2D eigenvalue weighted by molar-refractivity contribution is 9.10. The zero-order chi connectivity index (χ0) is 38.0. The van der Waals surface area contributed by atoms with E-state index in [2.05, 4.69) is 97.9 Å². The third-order valence-electron chi connectivity index (χ3n) is 10.0. The van der Waals surface area contributed by atoms with Crippen LogP contribution in [0.2, 0.25) is 0 Å². The summed E-state index contributed by atoms with van der Waals surface area (Å²) in [6, 6.07) is 8.97. The average Bonchev–Trinajstić information content (AvgIpc) is 3.56. The van der Waals surface area contributed by atoms with E-state index in [4.69, 9.17) is 14.5 Å². The van der Waals surface area contributed by atoms with Crippen LogP contribution in [0.15, 0.2) is 47.3 Å². The highest BCUT2D eigenvalue weighted by Crippen LogP contribution is 2.41. The Labute approximate surface area is 323 Å². The van der Waals surface area contributed by atoms with Gasteiger partial charge in [0, 0.05) is 98.6 Å². The first-order valence-corrected chi connectivity index (χ1v) is 21.3. The van der Waals surface area contributed by atoms with Crippen molar-refractivity contribution in [3.8, 4) is 16.9 Å². The number of rotatable bonds is 9. The molecule has 0 spiro atoms. The molecule has 14 heteroatoms. The van der Waals surface area contributed by atoms with Gasteiger partial charge in [-0.1, -0.05) is 14.0 Å². The molecule has 2 N–H and O–H groups in total. The first-order valence-electron chi connectivity index (χ1n) is 18.2. The van der Waals surface area contributed by atoms with E-state index in [9.17, 15) is 4.79 Å². The number of halogens is 1. The number of nitrogens with zero attached hydrogens (tertiary/aromatic N) is 7.